The van der Waals surface area contributed by atoms with Crippen LogP contribution in [0.2, 0.25) is 0 Å². The van der Waals surface area contributed by atoms with Gasteiger partial charge in [-0.2, -0.15) is 0 Å². The third kappa shape index (κ3) is 2.66. The van der Waals surface area contributed by atoms with Gasteiger partial charge in [0.15, 0.2) is 0 Å². The Hall–Kier alpha value is -1.36. The third-order valence-electron chi connectivity index (χ3n) is 3.53. The maximum atomic E-state index is 11.3. The molecule has 0 saturated carbocycles. The maximum absolute atomic E-state index is 11.3. The van der Waals surface area contributed by atoms with Gasteiger partial charge in [-0.25, -0.2) is 4.98 Å². The molecule has 17 heavy (non-hydrogen) atoms. The molecule has 0 spiro atoms. The molecule has 1 fully saturated rings. The summed E-state index contributed by atoms with van der Waals surface area (Å²) in [6.45, 7) is 3.58. The molecule has 2 heterocycles. The lowest BCUT2D eigenvalue weighted by Crippen LogP contribution is -2.46. The molecule has 1 aromatic heterocycles. The fourth-order valence-electron chi connectivity index (χ4n) is 2.37. The minimum atomic E-state index is -0.717. The van der Waals surface area contributed by atoms with Gasteiger partial charge in [0.1, 0.15) is 11.9 Å². The van der Waals surface area contributed by atoms with E-state index >= 15 is 0 Å². The molecule has 1 aliphatic rings. The van der Waals surface area contributed by atoms with Gasteiger partial charge < -0.3 is 9.67 Å². The van der Waals surface area contributed by atoms with Gasteiger partial charge in [-0.3, -0.25) is 9.69 Å². The Labute approximate surface area is 101 Å². The van der Waals surface area contributed by atoms with Crippen molar-refractivity contribution in [1.82, 2.24) is 14.5 Å². The molecule has 1 aliphatic heterocycles. The summed E-state index contributed by atoms with van der Waals surface area (Å²) in [7, 11) is 1.94. The zero-order chi connectivity index (χ0) is 12.4. The molecule has 0 aromatic carbocycles. The van der Waals surface area contributed by atoms with E-state index in [4.69, 9.17) is 0 Å². The Morgan fingerprint density at radius 3 is 3.00 bits per heavy atom. The van der Waals surface area contributed by atoms with E-state index < -0.39 is 5.97 Å². The lowest BCUT2D eigenvalue weighted by molar-refractivity contribution is -0.145. The van der Waals surface area contributed by atoms with Gasteiger partial charge in [-0.1, -0.05) is 6.92 Å². The smallest absolute Gasteiger partial charge is 0.320 e. The first-order valence-electron chi connectivity index (χ1n) is 6.01. The topological polar surface area (TPSA) is 58.4 Å². The molecule has 0 radical (unpaired) electrons. The maximum Gasteiger partial charge on any atom is 0.320 e. The molecule has 0 amide bonds. The highest BCUT2D eigenvalue weighted by atomic mass is 16.4. The number of hydrogen-bond donors (Lipinski definition) is 1. The lowest BCUT2D eigenvalue weighted by Gasteiger charge is -2.35. The summed E-state index contributed by atoms with van der Waals surface area (Å²) in [6.07, 6.45) is 5.43. The third-order valence-corrected chi connectivity index (χ3v) is 3.53. The van der Waals surface area contributed by atoms with Crippen LogP contribution in [0.3, 0.4) is 0 Å². The van der Waals surface area contributed by atoms with Gasteiger partial charge in [-0.15, -0.1) is 0 Å². The van der Waals surface area contributed by atoms with Crippen molar-refractivity contribution in [3.05, 3.63) is 18.2 Å². The van der Waals surface area contributed by atoms with Crippen molar-refractivity contribution in [2.24, 2.45) is 13.0 Å². The normalized spacial score (nSPS) is 26.0. The van der Waals surface area contributed by atoms with E-state index in [0.29, 0.717) is 12.5 Å². The highest BCUT2D eigenvalue weighted by molar-refractivity contribution is 5.73. The van der Waals surface area contributed by atoms with Crippen molar-refractivity contribution in [2.75, 3.05) is 6.54 Å². The van der Waals surface area contributed by atoms with E-state index in [0.717, 1.165) is 25.2 Å². The van der Waals surface area contributed by atoms with Crippen LogP contribution in [0, 0.1) is 5.92 Å². The quantitative estimate of drug-likeness (QED) is 0.855. The second kappa shape index (κ2) is 4.87. The first-order valence-corrected chi connectivity index (χ1v) is 6.01. The van der Waals surface area contributed by atoms with E-state index in [9.17, 15) is 9.90 Å². The molecule has 2 atom stereocenters. The van der Waals surface area contributed by atoms with Crippen LogP contribution >= 0.6 is 0 Å². The summed E-state index contributed by atoms with van der Waals surface area (Å²) in [6, 6.07) is -0.365. The number of carboxylic acids is 1. The Morgan fingerprint density at radius 2 is 2.41 bits per heavy atom. The number of rotatable bonds is 3. The van der Waals surface area contributed by atoms with Crippen LogP contribution in [0.5, 0.6) is 0 Å². The number of aliphatic carboxylic acids is 1. The molecular weight excluding hydrogens is 218 g/mol. The monoisotopic (exact) mass is 237 g/mol. The molecule has 2 unspecified atom stereocenters. The fourth-order valence-corrected chi connectivity index (χ4v) is 2.37. The summed E-state index contributed by atoms with van der Waals surface area (Å²) in [5, 5.41) is 9.26. The number of likely N-dealkylation sites (tertiary alicyclic amines) is 1. The van der Waals surface area contributed by atoms with Gasteiger partial charge in [0.25, 0.3) is 0 Å². The Bertz CT molecular complexity index is 402. The summed E-state index contributed by atoms with van der Waals surface area (Å²) < 4.78 is 1.94. The van der Waals surface area contributed by atoms with Crippen LogP contribution in [0.25, 0.3) is 0 Å². The predicted molar refractivity (Wildman–Crippen MR) is 63.4 cm³/mol. The second-order valence-electron chi connectivity index (χ2n) is 4.91. The van der Waals surface area contributed by atoms with Crippen LogP contribution in [-0.4, -0.2) is 38.1 Å². The molecule has 5 heteroatoms. The van der Waals surface area contributed by atoms with Crippen LogP contribution < -0.4 is 0 Å². The van der Waals surface area contributed by atoms with Gasteiger partial charge in [0, 0.05) is 19.4 Å². The predicted octanol–water partition coefficient (Wildman–Crippen LogP) is 1.11. The number of carboxylic acid groups (broad SMARTS) is 1. The zero-order valence-corrected chi connectivity index (χ0v) is 10.3. The number of imidazole rings is 1. The summed E-state index contributed by atoms with van der Waals surface area (Å²) in [4.78, 5) is 17.5. The molecule has 5 nitrogen and oxygen atoms in total. The molecule has 1 N–H and O–H groups in total. The van der Waals surface area contributed by atoms with Crippen LogP contribution in [0.4, 0.5) is 0 Å². The Kier molecular flexibility index (Phi) is 3.47. The number of aryl methyl sites for hydroxylation is 1. The number of hydrogen-bond acceptors (Lipinski definition) is 3. The summed E-state index contributed by atoms with van der Waals surface area (Å²) >= 11 is 0. The van der Waals surface area contributed by atoms with Gasteiger partial charge in [-0.05, 0) is 25.3 Å². The van der Waals surface area contributed by atoms with Crippen LogP contribution in [0.1, 0.15) is 25.6 Å². The minimum Gasteiger partial charge on any atom is -0.480 e. The number of piperidine rings is 1. The first kappa shape index (κ1) is 12.1. The van der Waals surface area contributed by atoms with Crippen molar-refractivity contribution in [3.8, 4) is 0 Å². The molecule has 94 valence electrons. The average Bonchev–Trinajstić information content (AvgIpc) is 2.67. The highest BCUT2D eigenvalue weighted by Gasteiger charge is 2.32. The number of carbonyl (C=O) groups is 1. The van der Waals surface area contributed by atoms with E-state index in [1.807, 2.05) is 22.7 Å². The Balaban J connectivity index is 2.08. The lowest BCUT2D eigenvalue weighted by atomic mass is 9.92. The molecule has 0 aliphatic carbocycles. The number of aromatic nitrogens is 2. The van der Waals surface area contributed by atoms with Crippen LogP contribution in [0.15, 0.2) is 12.4 Å². The SMILES string of the molecule is CC1CCN(Cc2nccn2C)C(C(=O)O)C1. The fraction of sp³-hybridized carbons (Fsp3) is 0.667. The average molecular weight is 237 g/mol. The van der Waals surface area contributed by atoms with Gasteiger partial charge in [0.05, 0.1) is 6.54 Å². The Morgan fingerprint density at radius 1 is 1.65 bits per heavy atom. The largest absolute Gasteiger partial charge is 0.480 e. The van der Waals surface area contributed by atoms with Crippen molar-refractivity contribution in [3.63, 3.8) is 0 Å². The van der Waals surface area contributed by atoms with E-state index in [-0.39, 0.29) is 6.04 Å². The van der Waals surface area contributed by atoms with Crippen molar-refractivity contribution in [2.45, 2.75) is 32.4 Å². The minimum absolute atomic E-state index is 0.365. The second-order valence-corrected chi connectivity index (χ2v) is 4.91. The highest BCUT2D eigenvalue weighted by Crippen LogP contribution is 2.23. The van der Waals surface area contributed by atoms with Crippen molar-refractivity contribution in [1.29, 1.82) is 0 Å². The van der Waals surface area contributed by atoms with E-state index in [2.05, 4.69) is 11.9 Å². The van der Waals surface area contributed by atoms with Crippen molar-refractivity contribution >= 4 is 5.97 Å². The summed E-state index contributed by atoms with van der Waals surface area (Å²) in [5.74, 6) is 0.699. The molecule has 1 saturated heterocycles. The molecule has 0 bridgehead atoms. The first-order chi connectivity index (χ1) is 8.08. The van der Waals surface area contributed by atoms with Gasteiger partial charge in [0.2, 0.25) is 0 Å². The molecular formula is C12H19N3O2. The molecule has 2 rings (SSSR count). The van der Waals surface area contributed by atoms with E-state index in [1.54, 1.807) is 6.20 Å². The van der Waals surface area contributed by atoms with Gasteiger partial charge >= 0.3 is 5.97 Å². The summed E-state index contributed by atoms with van der Waals surface area (Å²) in [5.41, 5.74) is 0. The zero-order valence-electron chi connectivity index (χ0n) is 10.3. The van der Waals surface area contributed by atoms with E-state index in [1.165, 1.54) is 0 Å². The number of nitrogens with zero attached hydrogens (tertiary/aromatic N) is 3. The van der Waals surface area contributed by atoms with Crippen LogP contribution in [-0.2, 0) is 18.4 Å². The van der Waals surface area contributed by atoms with Crippen molar-refractivity contribution < 1.29 is 9.90 Å². The molecule has 1 aromatic rings. The standard InChI is InChI=1S/C12H19N3O2/c1-9-3-5-15(10(7-9)12(16)17)8-11-13-4-6-14(11)2/h4,6,9-10H,3,5,7-8H2,1-2H3,(H,16,17).